The SMILES string of the molecule is CCOc1ccccc1C(=O)CSCC(=O)OC(C)(C)C. The van der Waals surface area contributed by atoms with Crippen LogP contribution in [0.2, 0.25) is 0 Å². The van der Waals surface area contributed by atoms with E-state index < -0.39 is 5.60 Å². The van der Waals surface area contributed by atoms with E-state index in [4.69, 9.17) is 9.47 Å². The highest BCUT2D eigenvalue weighted by Gasteiger charge is 2.17. The molecule has 0 bridgehead atoms. The van der Waals surface area contributed by atoms with Gasteiger partial charge in [0.15, 0.2) is 5.78 Å². The van der Waals surface area contributed by atoms with Crippen molar-refractivity contribution in [3.63, 3.8) is 0 Å². The number of hydrogen-bond donors (Lipinski definition) is 0. The van der Waals surface area contributed by atoms with Gasteiger partial charge in [-0.15, -0.1) is 11.8 Å². The van der Waals surface area contributed by atoms with Gasteiger partial charge in [0, 0.05) is 0 Å². The molecule has 0 radical (unpaired) electrons. The lowest BCUT2D eigenvalue weighted by Crippen LogP contribution is -2.25. The quantitative estimate of drug-likeness (QED) is 0.571. The second-order valence-corrected chi connectivity index (χ2v) is 6.42. The Morgan fingerprint density at radius 1 is 1.14 bits per heavy atom. The Balaban J connectivity index is 2.49. The van der Waals surface area contributed by atoms with Crippen LogP contribution in [0.3, 0.4) is 0 Å². The Morgan fingerprint density at radius 2 is 1.81 bits per heavy atom. The standard InChI is InChI=1S/C16H22O4S/c1-5-19-14-9-7-6-8-12(14)13(17)10-21-11-15(18)20-16(2,3)4/h6-9H,5,10-11H2,1-4H3. The summed E-state index contributed by atoms with van der Waals surface area (Å²) in [6.45, 7) is 7.84. The molecule has 0 aromatic heterocycles. The first-order chi connectivity index (χ1) is 9.83. The van der Waals surface area contributed by atoms with Crippen molar-refractivity contribution >= 4 is 23.5 Å². The number of benzene rings is 1. The third-order valence-corrected chi connectivity index (χ3v) is 3.27. The summed E-state index contributed by atoms with van der Waals surface area (Å²) in [5.74, 6) is 0.622. The molecule has 116 valence electrons. The molecule has 0 aliphatic rings. The molecule has 0 saturated heterocycles. The molecule has 0 atom stereocenters. The normalized spacial score (nSPS) is 11.0. The highest BCUT2D eigenvalue weighted by Crippen LogP contribution is 2.20. The Hall–Kier alpha value is -1.49. The van der Waals surface area contributed by atoms with E-state index in [1.165, 1.54) is 11.8 Å². The average molecular weight is 310 g/mol. The van der Waals surface area contributed by atoms with Gasteiger partial charge in [0.25, 0.3) is 0 Å². The van der Waals surface area contributed by atoms with E-state index in [1.807, 2.05) is 33.8 Å². The van der Waals surface area contributed by atoms with Crippen LogP contribution in [0.25, 0.3) is 0 Å². The smallest absolute Gasteiger partial charge is 0.316 e. The maximum atomic E-state index is 12.2. The largest absolute Gasteiger partial charge is 0.493 e. The molecule has 0 aliphatic carbocycles. The first kappa shape index (κ1) is 17.6. The van der Waals surface area contributed by atoms with Crippen LogP contribution < -0.4 is 4.74 Å². The molecule has 1 aromatic carbocycles. The van der Waals surface area contributed by atoms with E-state index in [0.29, 0.717) is 17.9 Å². The van der Waals surface area contributed by atoms with Crippen molar-refractivity contribution in [2.75, 3.05) is 18.1 Å². The van der Waals surface area contributed by atoms with Crippen molar-refractivity contribution in [2.24, 2.45) is 0 Å². The Morgan fingerprint density at radius 3 is 2.43 bits per heavy atom. The molecule has 5 heteroatoms. The van der Waals surface area contributed by atoms with Gasteiger partial charge in [-0.05, 0) is 39.8 Å². The number of Topliss-reactive ketones (excluding diaryl/α,β-unsaturated/α-hetero) is 1. The number of ketones is 1. The van der Waals surface area contributed by atoms with Gasteiger partial charge in [0.05, 0.1) is 23.7 Å². The highest BCUT2D eigenvalue weighted by molar-refractivity contribution is 8.00. The van der Waals surface area contributed by atoms with E-state index in [9.17, 15) is 9.59 Å². The number of carbonyl (C=O) groups is 2. The molecule has 0 N–H and O–H groups in total. The zero-order valence-corrected chi connectivity index (χ0v) is 13.8. The van der Waals surface area contributed by atoms with Crippen molar-refractivity contribution in [3.05, 3.63) is 29.8 Å². The zero-order valence-electron chi connectivity index (χ0n) is 13.0. The molecule has 21 heavy (non-hydrogen) atoms. The molecule has 4 nitrogen and oxygen atoms in total. The number of thioether (sulfide) groups is 1. The molecular weight excluding hydrogens is 288 g/mol. The van der Waals surface area contributed by atoms with Crippen LogP contribution in [0.4, 0.5) is 0 Å². The van der Waals surface area contributed by atoms with Gasteiger partial charge < -0.3 is 9.47 Å². The maximum absolute atomic E-state index is 12.2. The summed E-state index contributed by atoms with van der Waals surface area (Å²) < 4.78 is 10.6. The van der Waals surface area contributed by atoms with Crippen LogP contribution >= 0.6 is 11.8 Å². The summed E-state index contributed by atoms with van der Waals surface area (Å²) in [6, 6.07) is 7.14. The molecule has 0 amide bonds. The van der Waals surface area contributed by atoms with Crippen molar-refractivity contribution < 1.29 is 19.1 Å². The van der Waals surface area contributed by atoms with Crippen LogP contribution in [0.1, 0.15) is 38.1 Å². The van der Waals surface area contributed by atoms with Crippen LogP contribution in [0.5, 0.6) is 5.75 Å². The van der Waals surface area contributed by atoms with Gasteiger partial charge in [-0.1, -0.05) is 12.1 Å². The lowest BCUT2D eigenvalue weighted by Gasteiger charge is -2.19. The van der Waals surface area contributed by atoms with E-state index in [1.54, 1.807) is 18.2 Å². The summed E-state index contributed by atoms with van der Waals surface area (Å²) in [4.78, 5) is 23.7. The predicted molar refractivity (Wildman–Crippen MR) is 85.1 cm³/mol. The summed E-state index contributed by atoms with van der Waals surface area (Å²) >= 11 is 1.25. The number of rotatable bonds is 7. The van der Waals surface area contributed by atoms with Crippen LogP contribution in [-0.2, 0) is 9.53 Å². The fourth-order valence-corrected chi connectivity index (χ4v) is 2.32. The minimum Gasteiger partial charge on any atom is -0.493 e. The van der Waals surface area contributed by atoms with Crippen LogP contribution in [0, 0.1) is 0 Å². The third kappa shape index (κ3) is 6.67. The molecule has 0 spiro atoms. The molecule has 1 rings (SSSR count). The van der Waals surface area contributed by atoms with Gasteiger partial charge >= 0.3 is 5.97 Å². The number of carbonyl (C=O) groups excluding carboxylic acids is 2. The first-order valence-electron chi connectivity index (χ1n) is 6.88. The molecule has 0 fully saturated rings. The van der Waals surface area contributed by atoms with Crippen LogP contribution in [-0.4, -0.2) is 35.5 Å². The number of hydrogen-bond acceptors (Lipinski definition) is 5. The molecule has 0 saturated carbocycles. The molecule has 1 aromatic rings. The van der Waals surface area contributed by atoms with Gasteiger partial charge in [-0.25, -0.2) is 0 Å². The van der Waals surface area contributed by atoms with Crippen molar-refractivity contribution in [3.8, 4) is 5.75 Å². The van der Waals surface area contributed by atoms with Gasteiger partial charge in [-0.3, -0.25) is 9.59 Å². The van der Waals surface area contributed by atoms with Crippen LogP contribution in [0.15, 0.2) is 24.3 Å². The highest BCUT2D eigenvalue weighted by atomic mass is 32.2. The molecular formula is C16H22O4S. The lowest BCUT2D eigenvalue weighted by atomic mass is 10.1. The zero-order chi connectivity index (χ0) is 15.9. The summed E-state index contributed by atoms with van der Waals surface area (Å²) in [5, 5.41) is 0. The van der Waals surface area contributed by atoms with E-state index in [2.05, 4.69) is 0 Å². The minimum absolute atomic E-state index is 0.0485. The summed E-state index contributed by atoms with van der Waals surface area (Å²) in [7, 11) is 0. The second kappa shape index (κ2) is 8.08. The first-order valence-corrected chi connectivity index (χ1v) is 8.03. The lowest BCUT2D eigenvalue weighted by molar-refractivity contribution is -0.151. The van der Waals surface area contributed by atoms with E-state index in [-0.39, 0.29) is 23.3 Å². The van der Waals surface area contributed by atoms with E-state index in [0.717, 1.165) is 0 Å². The fraction of sp³-hybridized carbons (Fsp3) is 0.500. The van der Waals surface area contributed by atoms with E-state index >= 15 is 0 Å². The number of esters is 1. The van der Waals surface area contributed by atoms with Crippen molar-refractivity contribution in [2.45, 2.75) is 33.3 Å². The molecule has 0 unspecified atom stereocenters. The Kier molecular flexibility index (Phi) is 6.75. The van der Waals surface area contributed by atoms with Crippen molar-refractivity contribution in [1.29, 1.82) is 0 Å². The summed E-state index contributed by atoms with van der Waals surface area (Å²) in [6.07, 6.45) is 0. The third-order valence-electron chi connectivity index (χ3n) is 2.36. The maximum Gasteiger partial charge on any atom is 0.316 e. The van der Waals surface area contributed by atoms with Crippen molar-refractivity contribution in [1.82, 2.24) is 0 Å². The second-order valence-electron chi connectivity index (χ2n) is 5.43. The molecule has 0 aliphatic heterocycles. The Labute approximate surface area is 130 Å². The molecule has 0 heterocycles. The predicted octanol–water partition coefficient (Wildman–Crippen LogP) is 3.34. The van der Waals surface area contributed by atoms with Gasteiger partial charge in [0.2, 0.25) is 0 Å². The summed E-state index contributed by atoms with van der Waals surface area (Å²) in [5.41, 5.74) is 0.0551. The minimum atomic E-state index is -0.497. The van der Waals surface area contributed by atoms with Gasteiger partial charge in [-0.2, -0.15) is 0 Å². The monoisotopic (exact) mass is 310 g/mol. The number of ether oxygens (including phenoxy) is 2. The fourth-order valence-electron chi connectivity index (χ4n) is 1.65. The average Bonchev–Trinajstić information content (AvgIpc) is 2.37. The topological polar surface area (TPSA) is 52.6 Å². The number of para-hydroxylation sites is 1. The Bertz CT molecular complexity index is 491. The van der Waals surface area contributed by atoms with Gasteiger partial charge in [0.1, 0.15) is 11.4 Å².